The fourth-order valence-electron chi connectivity index (χ4n) is 4.69. The van der Waals surface area contributed by atoms with Gasteiger partial charge in [-0.25, -0.2) is 0 Å². The Labute approximate surface area is 229 Å². The van der Waals surface area contributed by atoms with E-state index in [9.17, 15) is 9.59 Å². The Bertz CT molecular complexity index is 1490. The maximum atomic E-state index is 13.2. The van der Waals surface area contributed by atoms with Gasteiger partial charge in [0.25, 0.3) is 5.91 Å². The van der Waals surface area contributed by atoms with Gasteiger partial charge in [0.15, 0.2) is 12.4 Å². The van der Waals surface area contributed by atoms with Gasteiger partial charge in [-0.15, -0.1) is 0 Å². The van der Waals surface area contributed by atoms with Crippen molar-refractivity contribution in [1.82, 2.24) is 9.88 Å². The zero-order valence-electron chi connectivity index (χ0n) is 22.8. The average molecular weight is 531 g/mol. The molecule has 38 heavy (non-hydrogen) atoms. The van der Waals surface area contributed by atoms with E-state index in [4.69, 9.17) is 16.3 Å². The highest BCUT2D eigenvalue weighted by molar-refractivity contribution is 6.31. The van der Waals surface area contributed by atoms with Crippen molar-refractivity contribution in [2.45, 2.75) is 66.2 Å². The van der Waals surface area contributed by atoms with Crippen molar-refractivity contribution >= 4 is 34.7 Å². The molecule has 0 saturated carbocycles. The fourth-order valence-corrected chi connectivity index (χ4v) is 4.92. The Morgan fingerprint density at radius 2 is 1.74 bits per heavy atom. The van der Waals surface area contributed by atoms with E-state index >= 15 is 0 Å². The zero-order valence-corrected chi connectivity index (χ0v) is 23.6. The van der Waals surface area contributed by atoms with E-state index < -0.39 is 6.10 Å². The Balaban J connectivity index is 1.57. The summed E-state index contributed by atoms with van der Waals surface area (Å²) in [6.45, 7) is 12.8. The van der Waals surface area contributed by atoms with Crippen molar-refractivity contribution in [3.8, 4) is 5.75 Å². The average Bonchev–Trinajstić information content (AvgIpc) is 3.14. The van der Waals surface area contributed by atoms with Gasteiger partial charge in [0.05, 0.1) is 6.04 Å². The summed E-state index contributed by atoms with van der Waals surface area (Å²) in [5.41, 5.74) is 7.21. The van der Waals surface area contributed by atoms with E-state index in [0.717, 1.165) is 39.6 Å². The molecule has 0 aliphatic rings. The maximum absolute atomic E-state index is 13.2. The van der Waals surface area contributed by atoms with Crippen LogP contribution in [0.4, 0.5) is 0 Å². The summed E-state index contributed by atoms with van der Waals surface area (Å²) >= 11 is 6.57. The molecule has 1 amide bonds. The molecule has 0 fully saturated rings. The van der Waals surface area contributed by atoms with Crippen LogP contribution in [0.5, 0.6) is 5.75 Å². The molecular formula is C32H35ClN2O3. The molecule has 0 unspecified atom stereocenters. The lowest BCUT2D eigenvalue weighted by molar-refractivity contribution is -0.113. The Morgan fingerprint density at radius 1 is 1.00 bits per heavy atom. The summed E-state index contributed by atoms with van der Waals surface area (Å²) in [6, 6.07) is 19.6. The summed E-state index contributed by atoms with van der Waals surface area (Å²) in [6.07, 6.45) is 0.217. The van der Waals surface area contributed by atoms with Crippen LogP contribution in [0, 0.1) is 13.8 Å². The summed E-state index contributed by atoms with van der Waals surface area (Å²) in [4.78, 5) is 24.1. The smallest absolute Gasteiger partial charge is 0.251 e. The predicted molar refractivity (Wildman–Crippen MR) is 155 cm³/mol. The Morgan fingerprint density at radius 3 is 2.42 bits per heavy atom. The topological polar surface area (TPSA) is 60.3 Å². The first-order valence-corrected chi connectivity index (χ1v) is 13.4. The number of carbonyl (C=O) groups excluding carboxylic acids is 2. The minimum atomic E-state index is -0.533. The molecule has 4 aromatic rings. The number of nitrogens with one attached hydrogen (secondary N) is 1. The van der Waals surface area contributed by atoms with E-state index in [1.807, 2.05) is 43.3 Å². The third kappa shape index (κ3) is 5.78. The summed E-state index contributed by atoms with van der Waals surface area (Å²) in [5.74, 6) is 0.898. The molecule has 0 aliphatic carbocycles. The highest BCUT2D eigenvalue weighted by Crippen LogP contribution is 2.30. The number of fused-ring (bicyclic) bond motifs is 1. The van der Waals surface area contributed by atoms with Crippen LogP contribution in [-0.2, 0) is 11.3 Å². The molecule has 3 aromatic carbocycles. The molecule has 198 valence electrons. The first-order chi connectivity index (χ1) is 18.1. The van der Waals surface area contributed by atoms with Gasteiger partial charge >= 0.3 is 0 Å². The first kappa shape index (κ1) is 27.5. The van der Waals surface area contributed by atoms with Crippen molar-refractivity contribution in [1.29, 1.82) is 0 Å². The number of aryl methyl sites for hydroxylation is 1. The molecule has 0 radical (unpaired) electrons. The minimum Gasteiger partial charge on any atom is -0.483 e. The van der Waals surface area contributed by atoms with E-state index in [1.165, 1.54) is 5.56 Å². The van der Waals surface area contributed by atoms with Gasteiger partial charge in [-0.2, -0.15) is 0 Å². The SMILES string of the molecule is Cc1c(C)n(Cc2ccc(O[C@@H](C)C=O)cc2Cl)c2ccc(C(=O)N[C@@H](C)c3cccc(C(C)C)c3)cc12. The van der Waals surface area contributed by atoms with Gasteiger partial charge in [0.1, 0.15) is 5.75 Å². The fraction of sp³-hybridized carbons (Fsp3) is 0.312. The monoisotopic (exact) mass is 530 g/mol. The van der Waals surface area contributed by atoms with Gasteiger partial charge in [0.2, 0.25) is 0 Å². The molecule has 1 aromatic heterocycles. The zero-order chi connectivity index (χ0) is 27.6. The number of nitrogens with zero attached hydrogens (tertiary/aromatic N) is 1. The van der Waals surface area contributed by atoms with Gasteiger partial charge in [-0.3, -0.25) is 9.59 Å². The second-order valence-electron chi connectivity index (χ2n) is 10.3. The van der Waals surface area contributed by atoms with Crippen LogP contribution < -0.4 is 10.1 Å². The lowest BCUT2D eigenvalue weighted by atomic mass is 9.98. The van der Waals surface area contributed by atoms with E-state index in [-0.39, 0.29) is 11.9 Å². The number of hydrogen-bond donors (Lipinski definition) is 1. The molecule has 1 N–H and O–H groups in total. The maximum Gasteiger partial charge on any atom is 0.251 e. The number of ether oxygens (including phenoxy) is 1. The first-order valence-electron chi connectivity index (χ1n) is 13.0. The lowest BCUT2D eigenvalue weighted by Crippen LogP contribution is -2.26. The Kier molecular flexibility index (Phi) is 8.27. The number of rotatable bonds is 9. The van der Waals surface area contributed by atoms with Gasteiger partial charge < -0.3 is 14.6 Å². The summed E-state index contributed by atoms with van der Waals surface area (Å²) in [5, 5.41) is 4.77. The van der Waals surface area contributed by atoms with Crippen LogP contribution in [-0.4, -0.2) is 22.9 Å². The van der Waals surface area contributed by atoms with E-state index in [2.05, 4.69) is 55.8 Å². The molecule has 0 spiro atoms. The Hall–Kier alpha value is -3.57. The van der Waals surface area contributed by atoms with Crippen molar-refractivity contribution < 1.29 is 14.3 Å². The second-order valence-corrected chi connectivity index (χ2v) is 10.7. The highest BCUT2D eigenvalue weighted by atomic mass is 35.5. The molecule has 2 atom stereocenters. The summed E-state index contributed by atoms with van der Waals surface area (Å²) in [7, 11) is 0. The number of benzene rings is 3. The van der Waals surface area contributed by atoms with Crippen LogP contribution >= 0.6 is 11.6 Å². The van der Waals surface area contributed by atoms with E-state index in [0.29, 0.717) is 28.8 Å². The van der Waals surface area contributed by atoms with Gasteiger partial charge in [-0.05, 0) is 86.2 Å². The van der Waals surface area contributed by atoms with Crippen LogP contribution in [0.1, 0.15) is 78.0 Å². The molecule has 6 heteroatoms. The van der Waals surface area contributed by atoms with Crippen LogP contribution in [0.15, 0.2) is 60.7 Å². The quantitative estimate of drug-likeness (QED) is 0.227. The third-order valence-corrected chi connectivity index (χ3v) is 7.54. The number of amides is 1. The van der Waals surface area contributed by atoms with Crippen molar-refractivity contribution in [3.05, 3.63) is 99.2 Å². The second kappa shape index (κ2) is 11.4. The molecular weight excluding hydrogens is 496 g/mol. The molecule has 4 rings (SSSR count). The van der Waals surface area contributed by atoms with Crippen molar-refractivity contribution in [3.63, 3.8) is 0 Å². The lowest BCUT2D eigenvalue weighted by Gasteiger charge is -2.17. The standard InChI is InChI=1S/C32H35ClN2O3/c1-19(2)24-8-7-9-25(14-24)22(5)34-32(37)26-11-13-31-29(15-26)21(4)23(6)35(31)17-27-10-12-28(16-30(27)33)38-20(3)18-36/h7-16,18-20,22H,17H2,1-6H3,(H,34,37)/t20-,22-/m0/s1. The molecule has 0 bridgehead atoms. The number of halogens is 1. The van der Waals surface area contributed by atoms with Crippen molar-refractivity contribution in [2.75, 3.05) is 0 Å². The third-order valence-electron chi connectivity index (χ3n) is 7.19. The van der Waals surface area contributed by atoms with Crippen LogP contribution in [0.2, 0.25) is 5.02 Å². The number of hydrogen-bond acceptors (Lipinski definition) is 3. The van der Waals surface area contributed by atoms with Crippen LogP contribution in [0.3, 0.4) is 0 Å². The predicted octanol–water partition coefficient (Wildman–Crippen LogP) is 7.54. The minimum absolute atomic E-state index is 0.0951. The number of aldehydes is 1. The normalized spacial score (nSPS) is 12.9. The summed E-state index contributed by atoms with van der Waals surface area (Å²) < 4.78 is 7.77. The molecule has 1 heterocycles. The molecule has 0 saturated heterocycles. The van der Waals surface area contributed by atoms with Crippen molar-refractivity contribution in [2.24, 2.45) is 0 Å². The largest absolute Gasteiger partial charge is 0.483 e. The molecule has 0 aliphatic heterocycles. The number of aromatic nitrogens is 1. The van der Waals surface area contributed by atoms with E-state index in [1.54, 1.807) is 13.0 Å². The highest BCUT2D eigenvalue weighted by Gasteiger charge is 2.17. The number of carbonyl (C=O) groups is 2. The van der Waals surface area contributed by atoms with Gasteiger partial charge in [0, 0.05) is 33.7 Å². The molecule has 5 nitrogen and oxygen atoms in total. The van der Waals surface area contributed by atoms with Gasteiger partial charge in [-0.1, -0.05) is 55.8 Å². The van der Waals surface area contributed by atoms with Crippen LogP contribution in [0.25, 0.3) is 10.9 Å².